The number of amides is 1. The van der Waals surface area contributed by atoms with Crippen molar-refractivity contribution in [1.82, 2.24) is 10.3 Å². The number of oxazole rings is 1. The minimum Gasteiger partial charge on any atom is -0.497 e. The number of ether oxygens (including phenoxy) is 1. The Morgan fingerprint density at radius 3 is 2.63 bits per heavy atom. The second-order valence-corrected chi connectivity index (χ2v) is 6.52. The predicted octanol–water partition coefficient (Wildman–Crippen LogP) is 3.87. The summed E-state index contributed by atoms with van der Waals surface area (Å²) in [5.74, 6) is 1.89. The Morgan fingerprint density at radius 1 is 1.15 bits per heavy atom. The number of methoxy groups -OCH3 is 1. The van der Waals surface area contributed by atoms with Gasteiger partial charge in [-0.2, -0.15) is 0 Å². The summed E-state index contributed by atoms with van der Waals surface area (Å²) in [7, 11) is 1.62. The standard InChI is InChI=1S/C22H24N2O3/c1-15-5-4-6-17(13-15)11-12-23-21(25)14-20-16(2)27-22(24-20)18-7-9-19(26-3)10-8-18/h4-10,13H,11-12,14H2,1-3H3,(H,23,25). The smallest absolute Gasteiger partial charge is 0.226 e. The van der Waals surface area contributed by atoms with Crippen LogP contribution in [0.25, 0.3) is 11.5 Å². The van der Waals surface area contributed by atoms with E-state index in [0.29, 0.717) is 23.9 Å². The molecule has 27 heavy (non-hydrogen) atoms. The minimum absolute atomic E-state index is 0.0552. The minimum atomic E-state index is -0.0552. The van der Waals surface area contributed by atoms with Gasteiger partial charge in [0, 0.05) is 12.1 Å². The Morgan fingerprint density at radius 2 is 1.93 bits per heavy atom. The Labute approximate surface area is 159 Å². The topological polar surface area (TPSA) is 64.4 Å². The van der Waals surface area contributed by atoms with E-state index in [1.807, 2.05) is 37.3 Å². The maximum atomic E-state index is 12.2. The van der Waals surface area contributed by atoms with E-state index in [9.17, 15) is 4.79 Å². The van der Waals surface area contributed by atoms with Crippen LogP contribution in [0.15, 0.2) is 52.9 Å². The van der Waals surface area contributed by atoms with Crippen molar-refractivity contribution in [3.8, 4) is 17.2 Å². The summed E-state index contributed by atoms with van der Waals surface area (Å²) in [6, 6.07) is 15.8. The van der Waals surface area contributed by atoms with E-state index in [2.05, 4.69) is 35.4 Å². The highest BCUT2D eigenvalue weighted by atomic mass is 16.5. The first kappa shape index (κ1) is 18.7. The van der Waals surface area contributed by atoms with Gasteiger partial charge in [0.25, 0.3) is 0 Å². The summed E-state index contributed by atoms with van der Waals surface area (Å²) < 4.78 is 10.9. The van der Waals surface area contributed by atoms with Gasteiger partial charge in [0.15, 0.2) is 0 Å². The van der Waals surface area contributed by atoms with Crippen molar-refractivity contribution in [2.45, 2.75) is 26.7 Å². The summed E-state index contributed by atoms with van der Waals surface area (Å²) >= 11 is 0. The molecule has 0 atom stereocenters. The zero-order chi connectivity index (χ0) is 19.2. The van der Waals surface area contributed by atoms with Crippen LogP contribution in [0, 0.1) is 13.8 Å². The molecule has 1 aromatic heterocycles. The number of rotatable bonds is 7. The fraction of sp³-hybridized carbons (Fsp3) is 0.273. The van der Waals surface area contributed by atoms with Gasteiger partial charge in [-0.3, -0.25) is 4.79 Å². The van der Waals surface area contributed by atoms with E-state index in [1.165, 1.54) is 11.1 Å². The first-order chi connectivity index (χ1) is 13.0. The van der Waals surface area contributed by atoms with Crippen LogP contribution in [-0.2, 0) is 17.6 Å². The van der Waals surface area contributed by atoms with E-state index in [1.54, 1.807) is 7.11 Å². The Balaban J connectivity index is 1.56. The van der Waals surface area contributed by atoms with Crippen molar-refractivity contribution in [3.63, 3.8) is 0 Å². The summed E-state index contributed by atoms with van der Waals surface area (Å²) in [5.41, 5.74) is 3.96. The molecule has 3 aromatic rings. The van der Waals surface area contributed by atoms with Crippen LogP contribution in [0.4, 0.5) is 0 Å². The second-order valence-electron chi connectivity index (χ2n) is 6.52. The molecule has 0 radical (unpaired) electrons. The fourth-order valence-electron chi connectivity index (χ4n) is 2.88. The van der Waals surface area contributed by atoms with Crippen molar-refractivity contribution in [2.75, 3.05) is 13.7 Å². The molecule has 1 amide bonds. The number of nitrogens with zero attached hydrogens (tertiary/aromatic N) is 1. The van der Waals surface area contributed by atoms with E-state index < -0.39 is 0 Å². The quantitative estimate of drug-likeness (QED) is 0.691. The third-order valence-corrected chi connectivity index (χ3v) is 4.38. The molecule has 0 unspecified atom stereocenters. The monoisotopic (exact) mass is 364 g/mol. The number of carbonyl (C=O) groups excluding carboxylic acids is 1. The van der Waals surface area contributed by atoms with Crippen LogP contribution in [-0.4, -0.2) is 24.5 Å². The third-order valence-electron chi connectivity index (χ3n) is 4.38. The number of aromatic nitrogens is 1. The van der Waals surface area contributed by atoms with Crippen molar-refractivity contribution in [2.24, 2.45) is 0 Å². The lowest BCUT2D eigenvalue weighted by Gasteiger charge is -2.05. The molecule has 0 saturated carbocycles. The van der Waals surface area contributed by atoms with Gasteiger partial charge in [0.2, 0.25) is 11.8 Å². The highest BCUT2D eigenvalue weighted by molar-refractivity contribution is 5.78. The Hall–Kier alpha value is -3.08. The number of hydrogen-bond acceptors (Lipinski definition) is 4. The van der Waals surface area contributed by atoms with Gasteiger partial charge in [-0.15, -0.1) is 0 Å². The summed E-state index contributed by atoms with van der Waals surface area (Å²) in [5, 5.41) is 2.95. The van der Waals surface area contributed by atoms with Gasteiger partial charge < -0.3 is 14.5 Å². The summed E-state index contributed by atoms with van der Waals surface area (Å²) in [6.07, 6.45) is 1.02. The van der Waals surface area contributed by atoms with Crippen LogP contribution in [0.3, 0.4) is 0 Å². The highest BCUT2D eigenvalue weighted by Crippen LogP contribution is 2.24. The van der Waals surface area contributed by atoms with Crippen LogP contribution < -0.4 is 10.1 Å². The summed E-state index contributed by atoms with van der Waals surface area (Å²) in [4.78, 5) is 16.7. The Kier molecular flexibility index (Phi) is 5.91. The van der Waals surface area contributed by atoms with Crippen LogP contribution >= 0.6 is 0 Å². The average molecular weight is 364 g/mol. The molecule has 2 aromatic carbocycles. The van der Waals surface area contributed by atoms with Crippen molar-refractivity contribution in [1.29, 1.82) is 0 Å². The van der Waals surface area contributed by atoms with Gasteiger partial charge >= 0.3 is 0 Å². The third kappa shape index (κ3) is 4.97. The maximum absolute atomic E-state index is 12.2. The van der Waals surface area contributed by atoms with Crippen LogP contribution in [0.2, 0.25) is 0 Å². The number of nitrogens with one attached hydrogen (secondary N) is 1. The van der Waals surface area contributed by atoms with E-state index in [-0.39, 0.29) is 12.3 Å². The summed E-state index contributed by atoms with van der Waals surface area (Å²) in [6.45, 7) is 4.50. The molecular weight excluding hydrogens is 340 g/mol. The molecule has 0 fully saturated rings. The molecule has 0 aliphatic rings. The molecular formula is C22H24N2O3. The lowest BCUT2D eigenvalue weighted by atomic mass is 10.1. The number of hydrogen-bond donors (Lipinski definition) is 1. The molecule has 5 heteroatoms. The van der Waals surface area contributed by atoms with Gasteiger partial charge in [-0.25, -0.2) is 4.98 Å². The number of carbonyl (C=O) groups is 1. The first-order valence-electron chi connectivity index (χ1n) is 8.98. The molecule has 0 saturated heterocycles. The van der Waals surface area contributed by atoms with E-state index in [4.69, 9.17) is 9.15 Å². The highest BCUT2D eigenvalue weighted by Gasteiger charge is 2.14. The van der Waals surface area contributed by atoms with Gasteiger partial charge in [0.1, 0.15) is 11.5 Å². The zero-order valence-electron chi connectivity index (χ0n) is 15.9. The van der Waals surface area contributed by atoms with Gasteiger partial charge in [-0.05, 0) is 50.1 Å². The first-order valence-corrected chi connectivity index (χ1v) is 8.98. The Bertz CT molecular complexity index is 914. The molecule has 0 spiro atoms. The SMILES string of the molecule is COc1ccc(-c2nc(CC(=O)NCCc3cccc(C)c3)c(C)o2)cc1. The molecule has 1 N–H and O–H groups in total. The fourth-order valence-corrected chi connectivity index (χ4v) is 2.88. The van der Waals surface area contributed by atoms with E-state index >= 15 is 0 Å². The molecule has 140 valence electrons. The molecule has 5 nitrogen and oxygen atoms in total. The number of aryl methyl sites for hydroxylation is 2. The molecule has 0 bridgehead atoms. The van der Waals surface area contributed by atoms with Gasteiger partial charge in [-0.1, -0.05) is 29.8 Å². The zero-order valence-corrected chi connectivity index (χ0v) is 15.9. The van der Waals surface area contributed by atoms with Crippen LogP contribution in [0.1, 0.15) is 22.6 Å². The molecule has 0 aliphatic heterocycles. The average Bonchev–Trinajstić information content (AvgIpc) is 3.02. The second kappa shape index (κ2) is 8.54. The van der Waals surface area contributed by atoms with Crippen molar-refractivity contribution in [3.05, 3.63) is 71.1 Å². The molecule has 0 aliphatic carbocycles. The molecule has 1 heterocycles. The lowest BCUT2D eigenvalue weighted by Crippen LogP contribution is -2.27. The predicted molar refractivity (Wildman–Crippen MR) is 105 cm³/mol. The van der Waals surface area contributed by atoms with Crippen molar-refractivity contribution < 1.29 is 13.9 Å². The lowest BCUT2D eigenvalue weighted by molar-refractivity contribution is -0.120. The number of benzene rings is 2. The molecule has 3 rings (SSSR count). The largest absolute Gasteiger partial charge is 0.497 e. The van der Waals surface area contributed by atoms with Crippen molar-refractivity contribution >= 4 is 5.91 Å². The normalized spacial score (nSPS) is 10.6. The van der Waals surface area contributed by atoms with E-state index in [0.717, 1.165) is 17.7 Å². The maximum Gasteiger partial charge on any atom is 0.226 e. The van der Waals surface area contributed by atoms with Crippen LogP contribution in [0.5, 0.6) is 5.75 Å². The van der Waals surface area contributed by atoms with Gasteiger partial charge in [0.05, 0.1) is 19.2 Å².